The highest BCUT2D eigenvalue weighted by Gasteiger charge is 2.27. The van der Waals surface area contributed by atoms with Crippen LogP contribution in [0.2, 0.25) is 0 Å². The van der Waals surface area contributed by atoms with Crippen LogP contribution in [0.25, 0.3) is 0 Å². The van der Waals surface area contributed by atoms with E-state index in [-0.39, 0.29) is 5.91 Å². The number of hydrogen-bond donors (Lipinski definition) is 0. The number of likely N-dealkylation sites (N-methyl/N-ethyl adjacent to an activating group) is 1. The molecule has 0 N–H and O–H groups in total. The molecule has 0 saturated carbocycles. The lowest BCUT2D eigenvalue weighted by Crippen LogP contribution is -2.38. The van der Waals surface area contributed by atoms with Gasteiger partial charge in [-0.25, -0.2) is 0 Å². The van der Waals surface area contributed by atoms with E-state index in [1.165, 1.54) is 0 Å². The molecule has 1 aliphatic rings. The minimum absolute atomic E-state index is 0.176. The molecule has 3 nitrogen and oxygen atoms in total. The van der Waals surface area contributed by atoms with Gasteiger partial charge in [0.2, 0.25) is 5.91 Å². The van der Waals surface area contributed by atoms with Crippen molar-refractivity contribution in [1.82, 2.24) is 9.80 Å². The maximum atomic E-state index is 11.1. The van der Waals surface area contributed by atoms with E-state index in [0.717, 1.165) is 19.5 Å². The quantitative estimate of drug-likeness (QED) is 0.638. The summed E-state index contributed by atoms with van der Waals surface area (Å²) in [5.41, 5.74) is 0. The fraction of sp³-hybridized carbons (Fsp3) is 0.900. The molecular formula is C10H20N2O. The van der Waals surface area contributed by atoms with Gasteiger partial charge in [-0.05, 0) is 20.3 Å². The maximum Gasteiger partial charge on any atom is 0.219 e. The van der Waals surface area contributed by atoms with E-state index in [1.54, 1.807) is 6.92 Å². The fourth-order valence-corrected chi connectivity index (χ4v) is 1.81. The van der Waals surface area contributed by atoms with Gasteiger partial charge in [-0.3, -0.25) is 9.69 Å². The highest BCUT2D eigenvalue weighted by atomic mass is 16.2. The summed E-state index contributed by atoms with van der Waals surface area (Å²) in [4.78, 5) is 15.4. The van der Waals surface area contributed by atoms with E-state index < -0.39 is 0 Å². The van der Waals surface area contributed by atoms with Crippen molar-refractivity contribution in [3.63, 3.8) is 0 Å². The number of amides is 1. The zero-order valence-corrected chi connectivity index (χ0v) is 9.08. The first-order valence-corrected chi connectivity index (χ1v) is 4.99. The molecule has 0 aromatic heterocycles. The van der Waals surface area contributed by atoms with Crippen molar-refractivity contribution >= 4 is 5.91 Å². The number of carbonyl (C=O) groups excluding carboxylic acids is 1. The molecule has 1 atom stereocenters. The second kappa shape index (κ2) is 4.09. The van der Waals surface area contributed by atoms with Crippen molar-refractivity contribution < 1.29 is 4.79 Å². The number of carbonyl (C=O) groups is 1. The van der Waals surface area contributed by atoms with Crippen LogP contribution >= 0.6 is 0 Å². The van der Waals surface area contributed by atoms with Gasteiger partial charge in [0.25, 0.3) is 0 Å². The Bertz CT molecular complexity index is 191. The first-order valence-electron chi connectivity index (χ1n) is 4.99. The van der Waals surface area contributed by atoms with E-state index >= 15 is 0 Å². The lowest BCUT2D eigenvalue weighted by Gasteiger charge is -2.25. The average molecular weight is 184 g/mol. The monoisotopic (exact) mass is 184 g/mol. The summed E-state index contributed by atoms with van der Waals surface area (Å²) in [7, 11) is 1.90. The number of hydrogen-bond acceptors (Lipinski definition) is 2. The number of likely N-dealkylation sites (tertiary alicyclic amines) is 1. The van der Waals surface area contributed by atoms with Crippen LogP contribution in [-0.4, -0.2) is 47.9 Å². The molecule has 0 spiro atoms. The Kier molecular flexibility index (Phi) is 3.31. The van der Waals surface area contributed by atoms with Crippen molar-refractivity contribution in [2.75, 3.05) is 20.1 Å². The second-order valence-electron chi connectivity index (χ2n) is 4.16. The zero-order valence-electron chi connectivity index (χ0n) is 9.08. The topological polar surface area (TPSA) is 23.6 Å². The standard InChI is InChI=1S/C10H20N2O/c1-8(2)12-6-5-10(7-12)11(4)9(3)13/h8,10H,5-7H2,1-4H3/t10-/m0/s1. The van der Waals surface area contributed by atoms with Gasteiger partial charge < -0.3 is 4.90 Å². The minimum Gasteiger partial charge on any atom is -0.342 e. The fourth-order valence-electron chi connectivity index (χ4n) is 1.81. The summed E-state index contributed by atoms with van der Waals surface area (Å²) in [6.07, 6.45) is 1.12. The lowest BCUT2D eigenvalue weighted by molar-refractivity contribution is -0.129. The number of nitrogens with zero attached hydrogens (tertiary/aromatic N) is 2. The Balaban J connectivity index is 2.45. The molecule has 1 rings (SSSR count). The van der Waals surface area contributed by atoms with Crippen LogP contribution in [0.15, 0.2) is 0 Å². The van der Waals surface area contributed by atoms with Crippen molar-refractivity contribution in [2.24, 2.45) is 0 Å². The van der Waals surface area contributed by atoms with Gasteiger partial charge in [-0.1, -0.05) is 0 Å². The average Bonchev–Trinajstić information content (AvgIpc) is 2.50. The van der Waals surface area contributed by atoms with Crippen LogP contribution in [0.3, 0.4) is 0 Å². The first-order chi connectivity index (χ1) is 6.02. The van der Waals surface area contributed by atoms with E-state index in [2.05, 4.69) is 18.7 Å². The Labute approximate surface area is 80.7 Å². The predicted octanol–water partition coefficient (Wildman–Crippen LogP) is 0.947. The molecule has 1 aliphatic heterocycles. The molecule has 1 fully saturated rings. The van der Waals surface area contributed by atoms with E-state index in [1.807, 2.05) is 11.9 Å². The zero-order chi connectivity index (χ0) is 10.0. The van der Waals surface area contributed by atoms with Gasteiger partial charge in [0, 0.05) is 39.1 Å². The van der Waals surface area contributed by atoms with E-state index in [4.69, 9.17) is 0 Å². The largest absolute Gasteiger partial charge is 0.342 e. The number of rotatable bonds is 2. The smallest absolute Gasteiger partial charge is 0.219 e. The molecule has 1 amide bonds. The Morgan fingerprint density at radius 2 is 2.15 bits per heavy atom. The molecule has 0 aromatic carbocycles. The molecule has 76 valence electrons. The van der Waals surface area contributed by atoms with Crippen molar-refractivity contribution in [2.45, 2.75) is 39.3 Å². The molecule has 0 unspecified atom stereocenters. The van der Waals surface area contributed by atoms with E-state index in [9.17, 15) is 4.79 Å². The summed E-state index contributed by atoms with van der Waals surface area (Å²) in [6, 6.07) is 1.03. The third-order valence-electron chi connectivity index (χ3n) is 2.97. The Morgan fingerprint density at radius 1 is 1.54 bits per heavy atom. The molecule has 0 bridgehead atoms. The lowest BCUT2D eigenvalue weighted by atomic mass is 10.2. The van der Waals surface area contributed by atoms with Crippen molar-refractivity contribution in [3.05, 3.63) is 0 Å². The van der Waals surface area contributed by atoms with Crippen molar-refractivity contribution in [1.29, 1.82) is 0 Å². The maximum absolute atomic E-state index is 11.1. The summed E-state index contributed by atoms with van der Waals surface area (Å²) in [5.74, 6) is 0.176. The van der Waals surface area contributed by atoms with Gasteiger partial charge in [-0.15, -0.1) is 0 Å². The Morgan fingerprint density at radius 3 is 2.54 bits per heavy atom. The van der Waals surface area contributed by atoms with Crippen molar-refractivity contribution in [3.8, 4) is 0 Å². The van der Waals surface area contributed by atoms with Crippen LogP contribution in [0.5, 0.6) is 0 Å². The van der Waals surface area contributed by atoms with Crippen LogP contribution in [0.4, 0.5) is 0 Å². The van der Waals surface area contributed by atoms with Gasteiger partial charge in [0.1, 0.15) is 0 Å². The van der Waals surface area contributed by atoms with Gasteiger partial charge in [0.15, 0.2) is 0 Å². The molecule has 1 saturated heterocycles. The highest BCUT2D eigenvalue weighted by molar-refractivity contribution is 5.73. The van der Waals surface area contributed by atoms with Gasteiger partial charge in [-0.2, -0.15) is 0 Å². The third-order valence-corrected chi connectivity index (χ3v) is 2.97. The summed E-state index contributed by atoms with van der Waals surface area (Å²) in [5, 5.41) is 0. The molecular weight excluding hydrogens is 164 g/mol. The van der Waals surface area contributed by atoms with E-state index in [0.29, 0.717) is 12.1 Å². The third kappa shape index (κ3) is 2.44. The summed E-state index contributed by atoms with van der Waals surface area (Å²) >= 11 is 0. The predicted molar refractivity (Wildman–Crippen MR) is 53.6 cm³/mol. The van der Waals surface area contributed by atoms with Crippen LogP contribution in [0.1, 0.15) is 27.2 Å². The van der Waals surface area contributed by atoms with Crippen LogP contribution < -0.4 is 0 Å². The first kappa shape index (κ1) is 10.5. The summed E-state index contributed by atoms with van der Waals surface area (Å²) < 4.78 is 0. The Hall–Kier alpha value is -0.570. The second-order valence-corrected chi connectivity index (χ2v) is 4.16. The summed E-state index contributed by atoms with van der Waals surface area (Å²) in [6.45, 7) is 8.21. The van der Waals surface area contributed by atoms with Crippen LogP contribution in [-0.2, 0) is 4.79 Å². The molecule has 1 heterocycles. The normalized spacial score (nSPS) is 23.9. The van der Waals surface area contributed by atoms with Gasteiger partial charge >= 0.3 is 0 Å². The van der Waals surface area contributed by atoms with Crippen LogP contribution in [0, 0.1) is 0 Å². The molecule has 13 heavy (non-hydrogen) atoms. The molecule has 0 radical (unpaired) electrons. The molecule has 0 aliphatic carbocycles. The highest BCUT2D eigenvalue weighted by Crippen LogP contribution is 2.16. The molecule has 0 aromatic rings. The van der Waals surface area contributed by atoms with Gasteiger partial charge in [0.05, 0.1) is 0 Å². The minimum atomic E-state index is 0.176. The SMILES string of the molecule is CC(=O)N(C)[C@H]1CCN(C(C)C)C1. The molecule has 3 heteroatoms.